The van der Waals surface area contributed by atoms with E-state index in [2.05, 4.69) is 10.3 Å². The van der Waals surface area contributed by atoms with Crippen LogP contribution in [-0.2, 0) is 11.2 Å². The van der Waals surface area contributed by atoms with Gasteiger partial charge in [0.2, 0.25) is 5.91 Å². The van der Waals surface area contributed by atoms with E-state index in [1.165, 1.54) is 6.07 Å². The van der Waals surface area contributed by atoms with Crippen LogP contribution in [0.5, 0.6) is 0 Å². The molecule has 0 saturated heterocycles. The van der Waals surface area contributed by atoms with Crippen molar-refractivity contribution in [1.82, 2.24) is 9.97 Å². The van der Waals surface area contributed by atoms with Crippen molar-refractivity contribution in [3.05, 3.63) is 96.3 Å². The highest BCUT2D eigenvalue weighted by Gasteiger charge is 2.16. The molecule has 0 radical (unpaired) electrons. The highest BCUT2D eigenvalue weighted by Crippen LogP contribution is 2.32. The van der Waals surface area contributed by atoms with Crippen LogP contribution in [0.1, 0.15) is 18.4 Å². The number of anilines is 1. The molecule has 1 amide bonds. The summed E-state index contributed by atoms with van der Waals surface area (Å²) in [5, 5.41) is 4.81. The van der Waals surface area contributed by atoms with E-state index in [0.29, 0.717) is 19.3 Å². The number of nitrogens with one attached hydrogen (secondary N) is 2. The van der Waals surface area contributed by atoms with Gasteiger partial charge in [0, 0.05) is 28.4 Å². The number of carbonyl (C=O) groups excluding carboxylic acids is 1. The lowest BCUT2D eigenvalue weighted by molar-refractivity contribution is -0.116. The van der Waals surface area contributed by atoms with Gasteiger partial charge in [-0.1, -0.05) is 42.5 Å². The molecule has 0 spiro atoms. The van der Waals surface area contributed by atoms with Crippen LogP contribution >= 0.6 is 0 Å². The molecular formula is C27H22FN3O. The molecule has 0 saturated carbocycles. The van der Waals surface area contributed by atoms with Crippen molar-refractivity contribution in [3.63, 3.8) is 0 Å². The van der Waals surface area contributed by atoms with E-state index in [9.17, 15) is 9.18 Å². The maximum Gasteiger partial charge on any atom is 0.224 e. The van der Waals surface area contributed by atoms with Gasteiger partial charge in [-0.15, -0.1) is 0 Å². The smallest absolute Gasteiger partial charge is 0.224 e. The number of aromatic nitrogens is 2. The third kappa shape index (κ3) is 4.10. The number of aryl methyl sites for hydroxylation is 1. The largest absolute Gasteiger partial charge is 0.353 e. The van der Waals surface area contributed by atoms with Crippen molar-refractivity contribution >= 4 is 33.4 Å². The molecule has 0 unspecified atom stereocenters. The highest BCUT2D eigenvalue weighted by molar-refractivity contribution is 5.92. The van der Waals surface area contributed by atoms with Crippen LogP contribution in [0.3, 0.4) is 0 Å². The number of benzene rings is 3. The number of hydrogen-bond acceptors (Lipinski definition) is 2. The Bertz CT molecular complexity index is 1410. The number of carbonyl (C=O) groups is 1. The molecular weight excluding hydrogens is 401 g/mol. The summed E-state index contributed by atoms with van der Waals surface area (Å²) in [7, 11) is 0. The lowest BCUT2D eigenvalue weighted by Crippen LogP contribution is -2.11. The molecule has 2 N–H and O–H groups in total. The Balaban J connectivity index is 1.43. The first kappa shape index (κ1) is 19.9. The summed E-state index contributed by atoms with van der Waals surface area (Å²) in [4.78, 5) is 20.6. The maximum atomic E-state index is 14.0. The molecule has 0 fully saturated rings. The molecule has 3 aromatic carbocycles. The Kier molecular flexibility index (Phi) is 5.38. The summed E-state index contributed by atoms with van der Waals surface area (Å²) in [6.45, 7) is 0. The molecule has 0 atom stereocenters. The maximum absolute atomic E-state index is 14.0. The van der Waals surface area contributed by atoms with E-state index in [1.54, 1.807) is 12.1 Å². The van der Waals surface area contributed by atoms with Crippen LogP contribution in [0, 0.1) is 5.82 Å². The minimum absolute atomic E-state index is 0.0346. The van der Waals surface area contributed by atoms with E-state index in [4.69, 9.17) is 4.98 Å². The number of halogens is 1. The van der Waals surface area contributed by atoms with E-state index < -0.39 is 0 Å². The van der Waals surface area contributed by atoms with Crippen molar-refractivity contribution in [2.24, 2.45) is 0 Å². The number of hydrogen-bond donors (Lipinski definition) is 2. The Morgan fingerprint density at radius 3 is 2.62 bits per heavy atom. The topological polar surface area (TPSA) is 57.8 Å². The lowest BCUT2D eigenvalue weighted by atomic mass is 10.0. The lowest BCUT2D eigenvalue weighted by Gasteiger charge is -2.07. The van der Waals surface area contributed by atoms with Crippen molar-refractivity contribution in [2.75, 3.05) is 5.32 Å². The fraction of sp³-hybridized carbons (Fsp3) is 0.111. The first-order valence-corrected chi connectivity index (χ1v) is 10.7. The monoisotopic (exact) mass is 423 g/mol. The molecule has 2 heterocycles. The van der Waals surface area contributed by atoms with Crippen molar-refractivity contribution in [1.29, 1.82) is 0 Å². The molecule has 5 rings (SSSR count). The summed E-state index contributed by atoms with van der Waals surface area (Å²) in [6.07, 6.45) is 1.65. The molecule has 32 heavy (non-hydrogen) atoms. The van der Waals surface area contributed by atoms with Gasteiger partial charge < -0.3 is 10.3 Å². The minimum Gasteiger partial charge on any atom is -0.353 e. The summed E-state index contributed by atoms with van der Waals surface area (Å²) in [5.74, 6) is -0.315. The van der Waals surface area contributed by atoms with Gasteiger partial charge in [-0.25, -0.2) is 9.37 Å². The fourth-order valence-electron chi connectivity index (χ4n) is 4.07. The molecule has 0 aliphatic heterocycles. The van der Waals surface area contributed by atoms with Crippen molar-refractivity contribution < 1.29 is 9.18 Å². The second kappa shape index (κ2) is 8.63. The molecule has 158 valence electrons. The number of fused-ring (bicyclic) bond motifs is 2. The van der Waals surface area contributed by atoms with Crippen LogP contribution < -0.4 is 5.32 Å². The molecule has 4 nitrogen and oxygen atoms in total. The molecule has 0 bridgehead atoms. The number of pyridine rings is 1. The zero-order chi connectivity index (χ0) is 21.9. The fourth-order valence-corrected chi connectivity index (χ4v) is 4.07. The van der Waals surface area contributed by atoms with Gasteiger partial charge in [-0.2, -0.15) is 0 Å². The van der Waals surface area contributed by atoms with Crippen molar-refractivity contribution in [2.45, 2.75) is 19.3 Å². The zero-order valence-corrected chi connectivity index (χ0v) is 17.4. The van der Waals surface area contributed by atoms with Gasteiger partial charge in [0.25, 0.3) is 0 Å². The first-order valence-electron chi connectivity index (χ1n) is 10.7. The molecule has 5 aromatic rings. The zero-order valence-electron chi connectivity index (χ0n) is 17.4. The Labute approximate surface area is 185 Å². The van der Waals surface area contributed by atoms with Gasteiger partial charge in [0.05, 0.1) is 16.9 Å². The predicted molar refractivity (Wildman–Crippen MR) is 127 cm³/mol. The van der Waals surface area contributed by atoms with Crippen LogP contribution in [0.25, 0.3) is 33.2 Å². The van der Waals surface area contributed by atoms with Gasteiger partial charge in [-0.3, -0.25) is 4.79 Å². The molecule has 2 aromatic heterocycles. The Morgan fingerprint density at radius 1 is 0.938 bits per heavy atom. The van der Waals surface area contributed by atoms with Crippen molar-refractivity contribution in [3.8, 4) is 11.4 Å². The van der Waals surface area contributed by atoms with Crippen LogP contribution in [-0.4, -0.2) is 15.9 Å². The first-order chi connectivity index (χ1) is 15.7. The van der Waals surface area contributed by atoms with E-state index in [0.717, 1.165) is 44.4 Å². The second-order valence-corrected chi connectivity index (χ2v) is 7.83. The Morgan fingerprint density at radius 2 is 1.75 bits per heavy atom. The number of nitrogens with zero attached hydrogens (tertiary/aromatic N) is 1. The summed E-state index contributed by atoms with van der Waals surface area (Å²) >= 11 is 0. The van der Waals surface area contributed by atoms with Crippen LogP contribution in [0.15, 0.2) is 84.9 Å². The van der Waals surface area contributed by atoms with E-state index in [-0.39, 0.29) is 11.7 Å². The number of H-pyrrole nitrogens is 1. The second-order valence-electron chi connectivity index (χ2n) is 7.83. The third-order valence-electron chi connectivity index (χ3n) is 5.61. The number of amides is 1. The summed E-state index contributed by atoms with van der Waals surface area (Å²) in [6, 6.07) is 26.2. The SMILES string of the molecule is O=C(CCCc1c(-c2ccc3ccccc3n2)[nH]c2ccc(F)cc12)Nc1ccccc1. The highest BCUT2D eigenvalue weighted by atomic mass is 19.1. The average Bonchev–Trinajstić information content (AvgIpc) is 3.17. The van der Waals surface area contributed by atoms with E-state index in [1.807, 2.05) is 66.7 Å². The summed E-state index contributed by atoms with van der Waals surface area (Å²) in [5.41, 5.74) is 5.22. The van der Waals surface area contributed by atoms with Crippen LogP contribution in [0.2, 0.25) is 0 Å². The quantitative estimate of drug-likeness (QED) is 0.328. The predicted octanol–water partition coefficient (Wildman–Crippen LogP) is 6.48. The molecule has 5 heteroatoms. The van der Waals surface area contributed by atoms with Gasteiger partial charge in [-0.05, 0) is 60.9 Å². The van der Waals surface area contributed by atoms with Gasteiger partial charge in [0.1, 0.15) is 5.82 Å². The Hall–Kier alpha value is -3.99. The van der Waals surface area contributed by atoms with Crippen LogP contribution in [0.4, 0.5) is 10.1 Å². The molecule has 0 aliphatic rings. The standard InChI is InChI=1S/C27H22FN3O/c28-19-14-16-24-22(17-19)21(10-6-12-26(32)29-20-8-2-1-3-9-20)27(31-24)25-15-13-18-7-4-5-11-23(18)30-25/h1-5,7-9,11,13-17,31H,6,10,12H2,(H,29,32). The normalized spacial score (nSPS) is 11.2. The third-order valence-corrected chi connectivity index (χ3v) is 5.61. The number of aromatic amines is 1. The summed E-state index contributed by atoms with van der Waals surface area (Å²) < 4.78 is 14.0. The number of rotatable bonds is 6. The average molecular weight is 423 g/mol. The van der Waals surface area contributed by atoms with E-state index >= 15 is 0 Å². The molecule has 0 aliphatic carbocycles. The van der Waals surface area contributed by atoms with Gasteiger partial charge in [0.15, 0.2) is 0 Å². The minimum atomic E-state index is -0.280. The van der Waals surface area contributed by atoms with Gasteiger partial charge >= 0.3 is 0 Å². The number of para-hydroxylation sites is 2.